The second-order valence-electron chi connectivity index (χ2n) is 4.15. The smallest absolute Gasteiger partial charge is 0.306 e. The third-order valence-electron chi connectivity index (χ3n) is 3.24. The summed E-state index contributed by atoms with van der Waals surface area (Å²) < 4.78 is 6.50. The van der Waals surface area contributed by atoms with Crippen molar-refractivity contribution in [1.82, 2.24) is 0 Å². The van der Waals surface area contributed by atoms with Crippen LogP contribution in [-0.4, -0.2) is 18.2 Å². The van der Waals surface area contributed by atoms with Crippen molar-refractivity contribution in [2.75, 3.05) is 7.11 Å². The van der Waals surface area contributed by atoms with E-state index in [0.29, 0.717) is 12.8 Å². The molecule has 1 N–H and O–H groups in total. The van der Waals surface area contributed by atoms with Gasteiger partial charge in [0.15, 0.2) is 0 Å². The second-order valence-corrected chi connectivity index (χ2v) is 5.07. The van der Waals surface area contributed by atoms with Crippen molar-refractivity contribution >= 4 is 21.9 Å². The van der Waals surface area contributed by atoms with Crippen molar-refractivity contribution in [2.45, 2.75) is 18.4 Å². The highest BCUT2D eigenvalue weighted by Gasteiger charge is 2.49. The Bertz CT molecular complexity index is 410. The third kappa shape index (κ3) is 1.87. The number of ether oxygens (including phenoxy) is 1. The first-order chi connectivity index (χ1) is 7.57. The number of carboxylic acids is 1. The highest BCUT2D eigenvalue weighted by molar-refractivity contribution is 9.10. The molecule has 0 radical (unpaired) electrons. The maximum absolute atomic E-state index is 10.8. The molecular formula is C12H13BrO3. The van der Waals surface area contributed by atoms with Crippen LogP contribution < -0.4 is 0 Å². The van der Waals surface area contributed by atoms with Crippen LogP contribution in [0.1, 0.15) is 18.4 Å². The minimum absolute atomic E-state index is 0.279. The maximum Gasteiger partial charge on any atom is 0.306 e. The number of hydrogen-bond donors (Lipinski definition) is 1. The SMILES string of the molecule is COC1(c2cccc(Br)c2)CC(C(=O)O)C1. The predicted molar refractivity (Wildman–Crippen MR) is 63.2 cm³/mol. The maximum atomic E-state index is 10.8. The Labute approximate surface area is 103 Å². The quantitative estimate of drug-likeness (QED) is 0.928. The lowest BCUT2D eigenvalue weighted by Crippen LogP contribution is -2.46. The molecule has 0 amide bonds. The Morgan fingerprint density at radius 3 is 2.75 bits per heavy atom. The number of aliphatic carboxylic acids is 1. The van der Waals surface area contributed by atoms with Gasteiger partial charge in [0, 0.05) is 11.6 Å². The molecule has 0 unspecified atom stereocenters. The lowest BCUT2D eigenvalue weighted by atomic mass is 9.67. The molecule has 16 heavy (non-hydrogen) atoms. The van der Waals surface area contributed by atoms with Crippen LogP contribution in [-0.2, 0) is 15.1 Å². The summed E-state index contributed by atoms with van der Waals surface area (Å²) in [5.41, 5.74) is 0.634. The van der Waals surface area contributed by atoms with Crippen molar-refractivity contribution in [3.63, 3.8) is 0 Å². The molecule has 0 aromatic heterocycles. The number of benzene rings is 1. The Hall–Kier alpha value is -0.870. The number of hydrogen-bond acceptors (Lipinski definition) is 2. The van der Waals surface area contributed by atoms with Gasteiger partial charge in [-0.1, -0.05) is 28.1 Å². The van der Waals surface area contributed by atoms with Gasteiger partial charge in [0.25, 0.3) is 0 Å². The van der Waals surface area contributed by atoms with Crippen molar-refractivity contribution in [3.8, 4) is 0 Å². The molecule has 0 saturated heterocycles. The Kier molecular flexibility index (Phi) is 3.04. The van der Waals surface area contributed by atoms with Gasteiger partial charge in [-0.05, 0) is 30.5 Å². The van der Waals surface area contributed by atoms with E-state index >= 15 is 0 Å². The first-order valence-electron chi connectivity index (χ1n) is 5.11. The van der Waals surface area contributed by atoms with Crippen LogP contribution in [0.2, 0.25) is 0 Å². The molecule has 0 heterocycles. The first-order valence-corrected chi connectivity index (χ1v) is 5.91. The van der Waals surface area contributed by atoms with Crippen LogP contribution >= 0.6 is 15.9 Å². The molecular weight excluding hydrogens is 272 g/mol. The van der Waals surface area contributed by atoms with Gasteiger partial charge in [-0.25, -0.2) is 0 Å². The summed E-state index contributed by atoms with van der Waals surface area (Å²) in [4.78, 5) is 10.8. The van der Waals surface area contributed by atoms with Crippen LogP contribution in [0.25, 0.3) is 0 Å². The normalized spacial score (nSPS) is 28.5. The lowest BCUT2D eigenvalue weighted by molar-refractivity contribution is -0.164. The average Bonchev–Trinajstić information content (AvgIpc) is 2.16. The summed E-state index contributed by atoms with van der Waals surface area (Å²) in [6.07, 6.45) is 1.10. The fourth-order valence-electron chi connectivity index (χ4n) is 2.20. The minimum Gasteiger partial charge on any atom is -0.481 e. The second kappa shape index (κ2) is 4.18. The monoisotopic (exact) mass is 284 g/mol. The fourth-order valence-corrected chi connectivity index (χ4v) is 2.60. The Morgan fingerprint density at radius 1 is 1.56 bits per heavy atom. The summed E-state index contributed by atoms with van der Waals surface area (Å²) in [6, 6.07) is 7.85. The van der Waals surface area contributed by atoms with E-state index in [4.69, 9.17) is 9.84 Å². The summed E-state index contributed by atoms with van der Waals surface area (Å²) >= 11 is 3.41. The van der Waals surface area contributed by atoms with Gasteiger partial charge in [0.2, 0.25) is 0 Å². The number of carboxylic acid groups (broad SMARTS) is 1. The first kappa shape index (κ1) is 11.6. The van der Waals surface area contributed by atoms with Crippen LogP contribution in [0.15, 0.2) is 28.7 Å². The van der Waals surface area contributed by atoms with Gasteiger partial charge in [-0.2, -0.15) is 0 Å². The highest BCUT2D eigenvalue weighted by atomic mass is 79.9. The standard InChI is InChI=1S/C12H13BrO3/c1-16-12(6-8(7-12)11(14)15)9-3-2-4-10(13)5-9/h2-5,8H,6-7H2,1H3,(H,14,15). The molecule has 1 aromatic rings. The van der Waals surface area contributed by atoms with Crippen molar-refractivity contribution < 1.29 is 14.6 Å². The lowest BCUT2D eigenvalue weighted by Gasteiger charge is -2.45. The van der Waals surface area contributed by atoms with E-state index in [-0.39, 0.29) is 5.92 Å². The Morgan fingerprint density at radius 2 is 2.25 bits per heavy atom. The zero-order valence-corrected chi connectivity index (χ0v) is 10.5. The van der Waals surface area contributed by atoms with Crippen LogP contribution in [0.5, 0.6) is 0 Å². The number of carbonyl (C=O) groups is 1. The number of methoxy groups -OCH3 is 1. The topological polar surface area (TPSA) is 46.5 Å². The van der Waals surface area contributed by atoms with E-state index < -0.39 is 11.6 Å². The van der Waals surface area contributed by atoms with Crippen LogP contribution in [0, 0.1) is 5.92 Å². The van der Waals surface area contributed by atoms with Gasteiger partial charge in [0.05, 0.1) is 11.5 Å². The van der Waals surface area contributed by atoms with E-state index in [2.05, 4.69) is 15.9 Å². The molecule has 4 heteroatoms. The molecule has 0 spiro atoms. The summed E-state index contributed by atoms with van der Waals surface area (Å²) in [5, 5.41) is 8.90. The van der Waals surface area contributed by atoms with Gasteiger partial charge in [-0.15, -0.1) is 0 Å². The van der Waals surface area contributed by atoms with E-state index in [1.807, 2.05) is 24.3 Å². The minimum atomic E-state index is -0.734. The third-order valence-corrected chi connectivity index (χ3v) is 3.74. The van der Waals surface area contributed by atoms with Crippen molar-refractivity contribution in [1.29, 1.82) is 0 Å². The van der Waals surface area contributed by atoms with Crippen LogP contribution in [0.3, 0.4) is 0 Å². The van der Waals surface area contributed by atoms with Gasteiger partial charge < -0.3 is 9.84 Å². The van der Waals surface area contributed by atoms with Gasteiger partial charge in [-0.3, -0.25) is 4.79 Å². The average molecular weight is 285 g/mol. The largest absolute Gasteiger partial charge is 0.481 e. The zero-order chi connectivity index (χ0) is 11.8. The molecule has 0 bridgehead atoms. The molecule has 0 atom stereocenters. The molecule has 3 nitrogen and oxygen atoms in total. The molecule has 1 fully saturated rings. The number of rotatable bonds is 3. The summed E-state index contributed by atoms with van der Waals surface area (Å²) in [6.45, 7) is 0. The number of halogens is 1. The van der Waals surface area contributed by atoms with Crippen molar-refractivity contribution in [2.24, 2.45) is 5.92 Å². The molecule has 2 rings (SSSR count). The zero-order valence-electron chi connectivity index (χ0n) is 8.94. The predicted octanol–water partition coefficient (Wildman–Crippen LogP) is 2.79. The van der Waals surface area contributed by atoms with E-state index in [0.717, 1.165) is 10.0 Å². The van der Waals surface area contributed by atoms with Gasteiger partial charge >= 0.3 is 5.97 Å². The molecule has 1 saturated carbocycles. The molecule has 1 aromatic carbocycles. The molecule has 1 aliphatic carbocycles. The van der Waals surface area contributed by atoms with E-state index in [1.54, 1.807) is 7.11 Å². The van der Waals surface area contributed by atoms with E-state index in [9.17, 15) is 4.79 Å². The molecule has 1 aliphatic rings. The van der Waals surface area contributed by atoms with Crippen molar-refractivity contribution in [3.05, 3.63) is 34.3 Å². The highest BCUT2D eigenvalue weighted by Crippen LogP contribution is 2.48. The molecule has 0 aliphatic heterocycles. The van der Waals surface area contributed by atoms with E-state index in [1.165, 1.54) is 0 Å². The summed E-state index contributed by atoms with van der Waals surface area (Å²) in [7, 11) is 1.64. The Balaban J connectivity index is 2.22. The fraction of sp³-hybridized carbons (Fsp3) is 0.417. The summed E-state index contributed by atoms with van der Waals surface area (Å²) in [5.74, 6) is -1.01. The molecule has 86 valence electrons. The van der Waals surface area contributed by atoms with Crippen LogP contribution in [0.4, 0.5) is 0 Å². The van der Waals surface area contributed by atoms with Gasteiger partial charge in [0.1, 0.15) is 0 Å².